The lowest BCUT2D eigenvalue weighted by Crippen LogP contribution is -2.30. The standard InChI is InChI=1S/C48H69N3O10S/c1-36-12-16-42-40(34-36)47(2,3)44(50(42)21-24-58-30-32-60-28-26-56-7)18-13-37-10-9-11-38(46(37)49(6)20-23-52)14-19-45-48(4,5)41-35-39(62(53,54)55)15-17-43(41)51(45)22-25-59-31-33-61-29-27-57-8/h12-19,34-35,52H,9-11,20-33H2,1-8H3/p+1. The number of hydrogen-bond acceptors (Lipinski definition) is 11. The normalized spacial score (nSPS) is 20.5. The lowest BCUT2D eigenvalue weighted by Gasteiger charge is -2.27. The monoisotopic (exact) mass is 880 g/mol. The Morgan fingerprint density at radius 1 is 0.677 bits per heavy atom. The average Bonchev–Trinajstić information content (AvgIpc) is 3.57. The third-order valence-corrected chi connectivity index (χ3v) is 12.8. The highest BCUT2D eigenvalue weighted by Crippen LogP contribution is 2.49. The van der Waals surface area contributed by atoms with Crippen LogP contribution in [0.15, 0.2) is 88.1 Å². The molecule has 0 aromatic heterocycles. The molecular formula is C48H70N3O10S+. The quantitative estimate of drug-likeness (QED) is 0.0728. The Morgan fingerprint density at radius 3 is 1.60 bits per heavy atom. The van der Waals surface area contributed by atoms with Crippen LogP contribution in [0.5, 0.6) is 0 Å². The van der Waals surface area contributed by atoms with Gasteiger partial charge in [0.1, 0.15) is 13.7 Å². The van der Waals surface area contributed by atoms with Gasteiger partial charge in [-0.2, -0.15) is 8.42 Å². The molecule has 1 saturated carbocycles. The van der Waals surface area contributed by atoms with E-state index >= 15 is 0 Å². The van der Waals surface area contributed by atoms with Crippen LogP contribution in [-0.2, 0) is 49.4 Å². The first kappa shape index (κ1) is 49.3. The highest BCUT2D eigenvalue weighted by Gasteiger charge is 2.42. The highest BCUT2D eigenvalue weighted by molar-refractivity contribution is 7.85. The molecular weight excluding hydrogens is 811 g/mol. The summed E-state index contributed by atoms with van der Waals surface area (Å²) in [7, 11) is 0.928. The molecule has 2 heterocycles. The maximum atomic E-state index is 12.3. The summed E-state index contributed by atoms with van der Waals surface area (Å²) in [5.41, 5.74) is 10.1. The molecule has 342 valence electrons. The largest absolute Gasteiger partial charge is 0.390 e. The molecule has 3 aliphatic rings. The van der Waals surface area contributed by atoms with Crippen molar-refractivity contribution in [2.75, 3.05) is 123 Å². The zero-order chi connectivity index (χ0) is 44.9. The molecule has 0 amide bonds. The molecule has 0 bridgehead atoms. The Hall–Kier alpha value is -3.70. The van der Waals surface area contributed by atoms with E-state index in [9.17, 15) is 18.1 Å². The van der Waals surface area contributed by atoms with E-state index < -0.39 is 15.5 Å². The molecule has 0 spiro atoms. The van der Waals surface area contributed by atoms with Crippen LogP contribution in [0, 0.1) is 6.92 Å². The first-order valence-corrected chi connectivity index (χ1v) is 23.2. The fourth-order valence-electron chi connectivity index (χ4n) is 8.67. The number of aryl methyl sites for hydroxylation is 1. The Kier molecular flexibility index (Phi) is 18.1. The summed E-state index contributed by atoms with van der Waals surface area (Å²) in [5.74, 6) is 0. The van der Waals surface area contributed by atoms with Gasteiger partial charge in [0.15, 0.2) is 6.54 Å². The Labute approximate surface area is 370 Å². The number of ether oxygens (including phenoxy) is 6. The number of aliphatic hydroxyl groups excluding tert-OH is 1. The van der Waals surface area contributed by atoms with Gasteiger partial charge in [-0.05, 0) is 73.7 Å². The SMILES string of the molecule is COCCOCCOCCN1C(=CC=C2CCC/C(=C\C=C3\N(CCOCCOCCOC)c4ccc(S(=O)(=O)O)cc4C3(C)C)C2=[N+](C)CCO)C(C)(C)c2cc(C)ccc21. The van der Waals surface area contributed by atoms with E-state index in [4.69, 9.17) is 28.4 Å². The maximum absolute atomic E-state index is 12.3. The predicted octanol–water partition coefficient (Wildman–Crippen LogP) is 6.38. The summed E-state index contributed by atoms with van der Waals surface area (Å²) in [4.78, 5) is 4.43. The van der Waals surface area contributed by atoms with Gasteiger partial charge in [-0.25, -0.2) is 4.58 Å². The predicted molar refractivity (Wildman–Crippen MR) is 245 cm³/mol. The van der Waals surface area contributed by atoms with E-state index in [-0.39, 0.29) is 16.9 Å². The minimum Gasteiger partial charge on any atom is -0.390 e. The number of rotatable bonds is 23. The molecule has 0 unspecified atom stereocenters. The number of allylic oxidation sites excluding steroid dienone is 8. The van der Waals surface area contributed by atoms with Crippen molar-refractivity contribution in [2.24, 2.45) is 0 Å². The third kappa shape index (κ3) is 12.1. The Bertz CT molecular complexity index is 2100. The molecule has 0 radical (unpaired) electrons. The van der Waals surface area contributed by atoms with E-state index in [1.807, 2.05) is 7.05 Å². The molecule has 0 saturated heterocycles. The van der Waals surface area contributed by atoms with Gasteiger partial charge in [0.2, 0.25) is 5.71 Å². The van der Waals surface area contributed by atoms with Crippen LogP contribution in [-0.4, -0.2) is 142 Å². The van der Waals surface area contributed by atoms with E-state index in [1.165, 1.54) is 34.2 Å². The van der Waals surface area contributed by atoms with Gasteiger partial charge in [0.25, 0.3) is 10.1 Å². The van der Waals surface area contributed by atoms with Gasteiger partial charge in [0.05, 0.1) is 71.0 Å². The van der Waals surface area contributed by atoms with Gasteiger partial charge in [-0.15, -0.1) is 0 Å². The molecule has 2 aliphatic heterocycles. The maximum Gasteiger partial charge on any atom is 0.294 e. The van der Waals surface area contributed by atoms with Gasteiger partial charge < -0.3 is 43.3 Å². The van der Waals surface area contributed by atoms with E-state index in [1.54, 1.807) is 26.4 Å². The second-order valence-electron chi connectivity index (χ2n) is 17.0. The summed E-state index contributed by atoms with van der Waals surface area (Å²) >= 11 is 0. The van der Waals surface area contributed by atoms with Crippen LogP contribution >= 0.6 is 0 Å². The molecule has 14 heteroatoms. The highest BCUT2D eigenvalue weighted by atomic mass is 32.2. The zero-order valence-corrected chi connectivity index (χ0v) is 39.0. The topological polar surface area (TPSA) is 139 Å². The molecule has 13 nitrogen and oxygen atoms in total. The summed E-state index contributed by atoms with van der Waals surface area (Å²) in [6.07, 6.45) is 11.6. The van der Waals surface area contributed by atoms with Crippen molar-refractivity contribution in [3.8, 4) is 0 Å². The number of aliphatic hydroxyl groups is 1. The lowest BCUT2D eigenvalue weighted by molar-refractivity contribution is -0.499. The van der Waals surface area contributed by atoms with Crippen molar-refractivity contribution >= 4 is 27.2 Å². The van der Waals surface area contributed by atoms with Crippen molar-refractivity contribution in [1.29, 1.82) is 0 Å². The fraction of sp³-hybridized carbons (Fsp3) is 0.562. The minimum atomic E-state index is -4.41. The summed E-state index contributed by atoms with van der Waals surface area (Å²) in [5, 5.41) is 10.2. The molecule has 1 aliphatic carbocycles. The van der Waals surface area contributed by atoms with Crippen LogP contribution in [0.25, 0.3) is 0 Å². The smallest absolute Gasteiger partial charge is 0.294 e. The van der Waals surface area contributed by atoms with Gasteiger partial charge >= 0.3 is 0 Å². The number of benzene rings is 2. The van der Waals surface area contributed by atoms with E-state index in [2.05, 4.69) is 91.5 Å². The van der Waals surface area contributed by atoms with Crippen LogP contribution in [0.1, 0.15) is 63.6 Å². The summed E-state index contributed by atoms with van der Waals surface area (Å²) in [6, 6.07) is 11.5. The van der Waals surface area contributed by atoms with Crippen LogP contribution in [0.2, 0.25) is 0 Å². The molecule has 5 rings (SSSR count). The molecule has 2 aromatic rings. The first-order chi connectivity index (χ1) is 29.7. The van der Waals surface area contributed by atoms with Crippen LogP contribution in [0.4, 0.5) is 11.4 Å². The third-order valence-electron chi connectivity index (χ3n) is 11.9. The van der Waals surface area contributed by atoms with Gasteiger partial charge in [0, 0.05) is 72.1 Å². The van der Waals surface area contributed by atoms with Crippen molar-refractivity contribution in [1.82, 2.24) is 0 Å². The van der Waals surface area contributed by atoms with Crippen molar-refractivity contribution in [3.05, 3.63) is 99.9 Å². The van der Waals surface area contributed by atoms with E-state index in [0.717, 1.165) is 47.5 Å². The first-order valence-electron chi connectivity index (χ1n) is 21.8. The number of anilines is 2. The van der Waals surface area contributed by atoms with Gasteiger partial charge in [-0.3, -0.25) is 4.55 Å². The number of likely N-dealkylation sites (N-methyl/N-ethyl adjacent to an activating group) is 1. The number of fused-ring (bicyclic) bond motifs is 2. The van der Waals surface area contributed by atoms with Crippen molar-refractivity contribution < 1.29 is 51.1 Å². The van der Waals surface area contributed by atoms with E-state index in [0.29, 0.717) is 85.7 Å². The second-order valence-corrected chi connectivity index (χ2v) is 18.4. The number of nitrogens with zero attached hydrogens (tertiary/aromatic N) is 3. The zero-order valence-electron chi connectivity index (χ0n) is 38.2. The lowest BCUT2D eigenvalue weighted by atomic mass is 9.82. The van der Waals surface area contributed by atoms with Crippen molar-refractivity contribution in [2.45, 2.75) is 69.6 Å². The summed E-state index contributed by atoms with van der Waals surface area (Å²) in [6.45, 7) is 17.6. The molecule has 2 N–H and O–H groups in total. The van der Waals surface area contributed by atoms with Crippen LogP contribution in [0.3, 0.4) is 0 Å². The van der Waals surface area contributed by atoms with Gasteiger partial charge in [-0.1, -0.05) is 57.5 Å². The molecule has 62 heavy (non-hydrogen) atoms. The average molecular weight is 881 g/mol. The molecule has 0 atom stereocenters. The number of methoxy groups -OCH3 is 2. The summed E-state index contributed by atoms with van der Waals surface area (Å²) < 4.78 is 70.0. The van der Waals surface area contributed by atoms with Crippen molar-refractivity contribution in [3.63, 3.8) is 0 Å². The fourth-order valence-corrected chi connectivity index (χ4v) is 9.18. The van der Waals surface area contributed by atoms with Crippen LogP contribution < -0.4 is 9.80 Å². The molecule has 1 fully saturated rings. The second kappa shape index (κ2) is 22.8. The molecule has 2 aromatic carbocycles. The minimum absolute atomic E-state index is 0.0132. The Morgan fingerprint density at radius 2 is 1.13 bits per heavy atom. The Balaban J connectivity index is 1.47. The number of hydrogen-bond donors (Lipinski definition) is 2.